The van der Waals surface area contributed by atoms with Crippen molar-refractivity contribution < 1.29 is 24.5 Å². The molecule has 0 bridgehead atoms. The number of phenolic OH excluding ortho intramolecular Hbond substituents is 1. The average molecular weight is 424 g/mol. The zero-order valence-electron chi connectivity index (χ0n) is 18.4. The third-order valence-electron chi connectivity index (χ3n) is 5.23. The highest BCUT2D eigenvalue weighted by Gasteiger charge is 2.45. The quantitative estimate of drug-likeness (QED) is 0.387. The van der Waals surface area contributed by atoms with Crippen LogP contribution in [0.15, 0.2) is 48.0 Å². The normalized spacial score (nSPS) is 18.1. The monoisotopic (exact) mass is 423 g/mol. The number of ether oxygens (including phenoxy) is 1. The molecule has 1 fully saturated rings. The average Bonchev–Trinajstić information content (AvgIpc) is 2.98. The van der Waals surface area contributed by atoms with E-state index < -0.39 is 17.7 Å². The fourth-order valence-electron chi connectivity index (χ4n) is 3.73. The minimum Gasteiger partial charge on any atom is -0.508 e. The lowest BCUT2D eigenvalue weighted by atomic mass is 9.94. The van der Waals surface area contributed by atoms with Crippen LogP contribution >= 0.6 is 0 Å². The number of nitrogens with zero attached hydrogens (tertiary/aromatic N) is 1. The van der Waals surface area contributed by atoms with E-state index in [-0.39, 0.29) is 17.1 Å². The number of likely N-dealkylation sites (tertiary alicyclic amines) is 1. The van der Waals surface area contributed by atoms with Gasteiger partial charge in [-0.1, -0.05) is 32.9 Å². The third kappa shape index (κ3) is 4.58. The SMILES string of the molecule is CCCN1C(=O)C(=O)/C(=C(\O)c2ccc(OCC(C)C)c(C)c2)C1c1ccc(O)cc1. The molecule has 0 aromatic heterocycles. The lowest BCUT2D eigenvalue weighted by Gasteiger charge is -2.25. The summed E-state index contributed by atoms with van der Waals surface area (Å²) in [6.07, 6.45) is 0.669. The molecule has 31 heavy (non-hydrogen) atoms. The Morgan fingerprint density at radius 1 is 1.13 bits per heavy atom. The number of ketones is 1. The Hall–Kier alpha value is -3.28. The highest BCUT2D eigenvalue weighted by Crippen LogP contribution is 2.40. The van der Waals surface area contributed by atoms with Crippen molar-refractivity contribution in [1.82, 2.24) is 4.90 Å². The van der Waals surface area contributed by atoms with Crippen molar-refractivity contribution in [3.63, 3.8) is 0 Å². The minimum absolute atomic E-state index is 0.0550. The first-order chi connectivity index (χ1) is 14.7. The number of Topliss-reactive ketones (excluding diaryl/α,β-unsaturated/α-hetero) is 1. The highest BCUT2D eigenvalue weighted by atomic mass is 16.5. The van der Waals surface area contributed by atoms with Crippen LogP contribution in [0, 0.1) is 12.8 Å². The largest absolute Gasteiger partial charge is 0.508 e. The standard InChI is InChI=1S/C25H29NO5/c1-5-12-26-22(17-6-9-19(27)10-7-17)21(24(29)25(26)30)23(28)18-8-11-20(16(4)13-18)31-14-15(2)3/h6-11,13,15,22,27-28H,5,12,14H2,1-4H3/b23-21-. The molecule has 1 amide bonds. The second-order valence-corrected chi connectivity index (χ2v) is 8.27. The first-order valence-corrected chi connectivity index (χ1v) is 10.6. The van der Waals surface area contributed by atoms with Gasteiger partial charge in [-0.05, 0) is 60.7 Å². The maximum Gasteiger partial charge on any atom is 0.295 e. The van der Waals surface area contributed by atoms with Gasteiger partial charge in [-0.25, -0.2) is 0 Å². The van der Waals surface area contributed by atoms with Crippen LogP contribution in [0.25, 0.3) is 5.76 Å². The van der Waals surface area contributed by atoms with Crippen molar-refractivity contribution >= 4 is 17.4 Å². The van der Waals surface area contributed by atoms with Crippen molar-refractivity contribution in [3.05, 3.63) is 64.7 Å². The summed E-state index contributed by atoms with van der Waals surface area (Å²) >= 11 is 0. The van der Waals surface area contributed by atoms with Crippen molar-refractivity contribution in [1.29, 1.82) is 0 Å². The first-order valence-electron chi connectivity index (χ1n) is 10.6. The van der Waals surface area contributed by atoms with Gasteiger partial charge in [0.2, 0.25) is 0 Å². The molecule has 6 nitrogen and oxygen atoms in total. The van der Waals surface area contributed by atoms with E-state index in [1.54, 1.807) is 30.3 Å². The van der Waals surface area contributed by atoms with Crippen molar-refractivity contribution in [2.24, 2.45) is 5.92 Å². The van der Waals surface area contributed by atoms with E-state index >= 15 is 0 Å². The van der Waals surface area contributed by atoms with Gasteiger partial charge in [0, 0.05) is 12.1 Å². The molecule has 1 aliphatic rings. The Balaban J connectivity index is 2.07. The van der Waals surface area contributed by atoms with Crippen molar-refractivity contribution in [2.45, 2.75) is 40.2 Å². The van der Waals surface area contributed by atoms with Crippen molar-refractivity contribution in [2.75, 3.05) is 13.2 Å². The summed E-state index contributed by atoms with van der Waals surface area (Å²) in [7, 11) is 0. The number of aliphatic hydroxyl groups is 1. The summed E-state index contributed by atoms with van der Waals surface area (Å²) in [5, 5.41) is 20.7. The second kappa shape index (κ2) is 9.25. The zero-order chi connectivity index (χ0) is 22.7. The van der Waals surface area contributed by atoms with Gasteiger partial charge >= 0.3 is 0 Å². The van der Waals surface area contributed by atoms with E-state index in [4.69, 9.17) is 4.74 Å². The molecule has 2 N–H and O–H groups in total. The van der Waals surface area contributed by atoms with Gasteiger partial charge in [0.15, 0.2) is 0 Å². The van der Waals surface area contributed by atoms with Crippen LogP contribution in [-0.4, -0.2) is 40.0 Å². The molecule has 2 aromatic carbocycles. The molecule has 1 atom stereocenters. The lowest BCUT2D eigenvalue weighted by Crippen LogP contribution is -2.30. The molecule has 1 unspecified atom stereocenters. The number of phenols is 1. The summed E-state index contributed by atoms with van der Waals surface area (Å²) < 4.78 is 5.80. The Labute approximate surface area is 182 Å². The Morgan fingerprint density at radius 2 is 1.81 bits per heavy atom. The topological polar surface area (TPSA) is 87.1 Å². The van der Waals surface area contributed by atoms with Gasteiger partial charge < -0.3 is 19.8 Å². The van der Waals surface area contributed by atoms with Crippen LogP contribution in [0.4, 0.5) is 0 Å². The third-order valence-corrected chi connectivity index (χ3v) is 5.23. The predicted molar refractivity (Wildman–Crippen MR) is 119 cm³/mol. The van der Waals surface area contributed by atoms with E-state index in [0.29, 0.717) is 42.4 Å². The van der Waals surface area contributed by atoms with Crippen LogP contribution in [0.2, 0.25) is 0 Å². The van der Waals surface area contributed by atoms with Gasteiger partial charge in [-0.3, -0.25) is 9.59 Å². The van der Waals surface area contributed by atoms with E-state index in [1.165, 1.54) is 17.0 Å². The molecule has 1 heterocycles. The van der Waals surface area contributed by atoms with E-state index in [1.807, 2.05) is 13.8 Å². The second-order valence-electron chi connectivity index (χ2n) is 8.27. The Bertz CT molecular complexity index is 1010. The van der Waals surface area contributed by atoms with E-state index in [0.717, 1.165) is 5.56 Å². The Morgan fingerprint density at radius 3 is 2.39 bits per heavy atom. The molecule has 0 saturated carbocycles. The summed E-state index contributed by atoms with van der Waals surface area (Å²) in [6.45, 7) is 8.89. The maximum atomic E-state index is 12.9. The molecule has 6 heteroatoms. The molecule has 1 saturated heterocycles. The van der Waals surface area contributed by atoms with E-state index in [9.17, 15) is 19.8 Å². The number of amides is 1. The number of carbonyl (C=O) groups is 2. The van der Waals surface area contributed by atoms with Gasteiger partial charge in [-0.15, -0.1) is 0 Å². The highest BCUT2D eigenvalue weighted by molar-refractivity contribution is 6.46. The number of aryl methyl sites for hydroxylation is 1. The maximum absolute atomic E-state index is 12.9. The molecule has 1 aliphatic heterocycles. The number of rotatable bonds is 7. The number of carbonyl (C=O) groups excluding carboxylic acids is 2. The molecule has 164 valence electrons. The number of benzene rings is 2. The summed E-state index contributed by atoms with van der Waals surface area (Å²) in [5.41, 5.74) is 1.99. The Kier molecular flexibility index (Phi) is 6.68. The van der Waals surface area contributed by atoms with Crippen LogP contribution in [-0.2, 0) is 9.59 Å². The molecule has 3 rings (SSSR count). The number of hydrogen-bond acceptors (Lipinski definition) is 5. The van der Waals surface area contributed by atoms with Crippen LogP contribution in [0.5, 0.6) is 11.5 Å². The smallest absolute Gasteiger partial charge is 0.295 e. The molecular weight excluding hydrogens is 394 g/mol. The van der Waals surface area contributed by atoms with Gasteiger partial charge in [-0.2, -0.15) is 0 Å². The summed E-state index contributed by atoms with van der Waals surface area (Å²) in [4.78, 5) is 27.1. The predicted octanol–water partition coefficient (Wildman–Crippen LogP) is 4.57. The van der Waals surface area contributed by atoms with Crippen LogP contribution in [0.1, 0.15) is 49.9 Å². The van der Waals surface area contributed by atoms with E-state index in [2.05, 4.69) is 13.8 Å². The zero-order valence-corrected chi connectivity index (χ0v) is 18.4. The summed E-state index contributed by atoms with van der Waals surface area (Å²) in [6, 6.07) is 10.8. The molecule has 0 spiro atoms. The molecule has 2 aromatic rings. The lowest BCUT2D eigenvalue weighted by molar-refractivity contribution is -0.139. The first kappa shape index (κ1) is 22.4. The van der Waals surface area contributed by atoms with Gasteiger partial charge in [0.25, 0.3) is 11.7 Å². The number of aromatic hydroxyl groups is 1. The molecule has 0 aliphatic carbocycles. The van der Waals surface area contributed by atoms with Crippen LogP contribution in [0.3, 0.4) is 0 Å². The number of hydrogen-bond donors (Lipinski definition) is 2. The summed E-state index contributed by atoms with van der Waals surface area (Å²) in [5.74, 6) is -0.367. The fourth-order valence-corrected chi connectivity index (χ4v) is 3.73. The van der Waals surface area contributed by atoms with Gasteiger partial charge in [0.1, 0.15) is 17.3 Å². The van der Waals surface area contributed by atoms with Crippen molar-refractivity contribution in [3.8, 4) is 11.5 Å². The minimum atomic E-state index is -0.710. The van der Waals surface area contributed by atoms with Gasteiger partial charge in [0.05, 0.1) is 18.2 Å². The molecule has 0 radical (unpaired) electrons. The number of aliphatic hydroxyl groups excluding tert-OH is 1. The molecular formula is C25H29NO5. The fraction of sp³-hybridized carbons (Fsp3) is 0.360. The van der Waals surface area contributed by atoms with Crippen LogP contribution < -0.4 is 4.74 Å².